The first kappa shape index (κ1) is 14.6. The number of piperidine rings is 1. The maximum Gasteiger partial charge on any atom is 0.246 e. The summed E-state index contributed by atoms with van der Waals surface area (Å²) in [5.41, 5.74) is 5.52. The highest BCUT2D eigenvalue weighted by Crippen LogP contribution is 2.29. The lowest BCUT2D eigenvalue weighted by molar-refractivity contribution is -0.129. The molecule has 0 spiro atoms. The van der Waals surface area contributed by atoms with Crippen molar-refractivity contribution in [2.75, 3.05) is 18.0 Å². The normalized spacial score (nSPS) is 17.6. The lowest BCUT2D eigenvalue weighted by Gasteiger charge is -2.34. The van der Waals surface area contributed by atoms with E-state index in [1.54, 1.807) is 6.07 Å². The highest BCUT2D eigenvalue weighted by molar-refractivity contribution is 6.33. The summed E-state index contributed by atoms with van der Waals surface area (Å²) in [5, 5.41) is 18.9. The third-order valence-electron chi connectivity index (χ3n) is 3.53. The van der Waals surface area contributed by atoms with Crippen molar-refractivity contribution < 1.29 is 9.90 Å². The topological polar surface area (TPSA) is 103 Å². The van der Waals surface area contributed by atoms with Crippen molar-refractivity contribution in [3.05, 3.63) is 22.8 Å². The van der Waals surface area contributed by atoms with Gasteiger partial charge in [-0.15, -0.1) is 0 Å². The molecule has 1 saturated heterocycles. The number of anilines is 1. The average Bonchev–Trinajstić information content (AvgIpc) is 2.46. The molecule has 0 bridgehead atoms. The second kappa shape index (κ2) is 6.07. The third kappa shape index (κ3) is 3.00. The standard InChI is InChI=1S/C13H15ClN4O2/c14-10-5-8(6-15)7-17-13(10)18-3-1-9(2-4-18)11(19)12(16)20/h5,7,9,11,19H,1-4H2,(H2,16,20)/t11-/m0/s1. The van der Waals surface area contributed by atoms with Gasteiger partial charge in [-0.2, -0.15) is 5.26 Å². The molecule has 0 unspecified atom stereocenters. The molecule has 1 aromatic rings. The molecule has 0 aromatic carbocycles. The number of pyridine rings is 1. The van der Waals surface area contributed by atoms with Crippen LogP contribution in [0.15, 0.2) is 12.3 Å². The summed E-state index contributed by atoms with van der Waals surface area (Å²) in [6, 6.07) is 3.56. The monoisotopic (exact) mass is 294 g/mol. The van der Waals surface area contributed by atoms with Gasteiger partial charge in [0.15, 0.2) is 0 Å². The van der Waals surface area contributed by atoms with Crippen LogP contribution in [-0.2, 0) is 4.79 Å². The summed E-state index contributed by atoms with van der Waals surface area (Å²) in [6.45, 7) is 1.27. The van der Waals surface area contributed by atoms with Crippen molar-refractivity contribution in [3.63, 3.8) is 0 Å². The fourth-order valence-electron chi connectivity index (χ4n) is 2.38. The number of rotatable bonds is 3. The number of halogens is 1. The number of aliphatic hydroxyl groups excluding tert-OH is 1. The zero-order chi connectivity index (χ0) is 14.7. The molecular weight excluding hydrogens is 280 g/mol. The summed E-state index contributed by atoms with van der Waals surface area (Å²) in [7, 11) is 0. The molecule has 7 heteroatoms. The summed E-state index contributed by atoms with van der Waals surface area (Å²) in [4.78, 5) is 17.1. The van der Waals surface area contributed by atoms with Gasteiger partial charge in [-0.3, -0.25) is 4.79 Å². The van der Waals surface area contributed by atoms with E-state index in [9.17, 15) is 9.90 Å². The number of hydrogen-bond donors (Lipinski definition) is 2. The minimum absolute atomic E-state index is 0.124. The second-order valence-electron chi connectivity index (χ2n) is 4.81. The smallest absolute Gasteiger partial charge is 0.246 e. The van der Waals surface area contributed by atoms with Gasteiger partial charge in [0, 0.05) is 19.3 Å². The maximum atomic E-state index is 11.0. The maximum absolute atomic E-state index is 11.0. The van der Waals surface area contributed by atoms with Crippen molar-refractivity contribution in [3.8, 4) is 6.07 Å². The lowest BCUT2D eigenvalue weighted by Crippen LogP contribution is -2.43. The fraction of sp³-hybridized carbons (Fsp3) is 0.462. The molecule has 0 radical (unpaired) electrons. The van der Waals surface area contributed by atoms with Crippen LogP contribution in [0.3, 0.4) is 0 Å². The molecule has 2 heterocycles. The van der Waals surface area contributed by atoms with E-state index in [1.807, 2.05) is 11.0 Å². The van der Waals surface area contributed by atoms with Crippen molar-refractivity contribution >= 4 is 23.3 Å². The number of nitrogens with zero attached hydrogens (tertiary/aromatic N) is 3. The Labute approximate surface area is 121 Å². The van der Waals surface area contributed by atoms with Gasteiger partial charge in [0.1, 0.15) is 18.0 Å². The van der Waals surface area contributed by atoms with E-state index < -0.39 is 12.0 Å². The number of nitrogens with two attached hydrogens (primary N) is 1. The number of hydrogen-bond acceptors (Lipinski definition) is 5. The van der Waals surface area contributed by atoms with Crippen molar-refractivity contribution in [2.24, 2.45) is 11.7 Å². The Morgan fingerprint density at radius 1 is 1.60 bits per heavy atom. The number of aromatic nitrogens is 1. The van der Waals surface area contributed by atoms with Gasteiger partial charge in [-0.1, -0.05) is 11.6 Å². The molecule has 1 aliphatic heterocycles. The van der Waals surface area contributed by atoms with Crippen LogP contribution in [0.1, 0.15) is 18.4 Å². The molecule has 1 fully saturated rings. The number of carbonyl (C=O) groups is 1. The predicted octanol–water partition coefficient (Wildman–Crippen LogP) is 0.669. The molecule has 20 heavy (non-hydrogen) atoms. The summed E-state index contributed by atoms with van der Waals surface area (Å²) >= 11 is 6.11. The van der Waals surface area contributed by atoms with E-state index in [4.69, 9.17) is 22.6 Å². The van der Waals surface area contributed by atoms with Gasteiger partial charge in [-0.25, -0.2) is 4.98 Å². The minimum Gasteiger partial charge on any atom is -0.383 e. The summed E-state index contributed by atoms with van der Waals surface area (Å²) < 4.78 is 0. The molecule has 1 aliphatic rings. The van der Waals surface area contributed by atoms with Crippen molar-refractivity contribution in [1.82, 2.24) is 4.98 Å². The van der Waals surface area contributed by atoms with E-state index >= 15 is 0 Å². The zero-order valence-electron chi connectivity index (χ0n) is 10.8. The predicted molar refractivity (Wildman–Crippen MR) is 74.1 cm³/mol. The molecule has 1 atom stereocenters. The molecule has 0 saturated carbocycles. The average molecular weight is 295 g/mol. The molecule has 106 valence electrons. The van der Waals surface area contributed by atoms with Crippen LogP contribution in [0, 0.1) is 17.2 Å². The lowest BCUT2D eigenvalue weighted by atomic mass is 9.91. The molecule has 0 aliphatic carbocycles. The Hall–Kier alpha value is -1.84. The van der Waals surface area contributed by atoms with E-state index in [0.29, 0.717) is 42.3 Å². The second-order valence-corrected chi connectivity index (χ2v) is 5.22. The largest absolute Gasteiger partial charge is 0.383 e. The first-order valence-corrected chi connectivity index (χ1v) is 6.68. The van der Waals surface area contributed by atoms with Gasteiger partial charge < -0.3 is 15.7 Å². The van der Waals surface area contributed by atoms with Crippen LogP contribution in [-0.4, -0.2) is 35.2 Å². The number of amides is 1. The van der Waals surface area contributed by atoms with Crippen molar-refractivity contribution in [1.29, 1.82) is 5.26 Å². The molecule has 1 amide bonds. The third-order valence-corrected chi connectivity index (χ3v) is 3.81. The molecule has 2 rings (SSSR count). The number of aliphatic hydroxyl groups is 1. The highest BCUT2D eigenvalue weighted by atomic mass is 35.5. The van der Waals surface area contributed by atoms with Gasteiger partial charge in [-0.05, 0) is 24.8 Å². The minimum atomic E-state index is -1.10. The zero-order valence-corrected chi connectivity index (χ0v) is 11.5. The number of carbonyl (C=O) groups excluding carboxylic acids is 1. The highest BCUT2D eigenvalue weighted by Gasteiger charge is 2.29. The van der Waals surface area contributed by atoms with Gasteiger partial charge >= 0.3 is 0 Å². The molecule has 6 nitrogen and oxygen atoms in total. The summed E-state index contributed by atoms with van der Waals surface area (Å²) in [6.07, 6.45) is 1.66. The van der Waals surface area contributed by atoms with Gasteiger partial charge in [0.05, 0.1) is 10.6 Å². The molecular formula is C13H15ClN4O2. The van der Waals surface area contributed by atoms with Crippen LogP contribution in [0.5, 0.6) is 0 Å². The van der Waals surface area contributed by atoms with E-state index in [2.05, 4.69) is 4.98 Å². The fourth-order valence-corrected chi connectivity index (χ4v) is 2.67. The Morgan fingerprint density at radius 2 is 2.25 bits per heavy atom. The van der Waals surface area contributed by atoms with Gasteiger partial charge in [0.25, 0.3) is 0 Å². The first-order chi connectivity index (χ1) is 9.52. The number of nitriles is 1. The Morgan fingerprint density at radius 3 is 2.75 bits per heavy atom. The van der Waals surface area contributed by atoms with Crippen molar-refractivity contribution in [2.45, 2.75) is 18.9 Å². The van der Waals surface area contributed by atoms with E-state index in [0.717, 1.165) is 0 Å². The van der Waals surface area contributed by atoms with Crippen LogP contribution in [0.25, 0.3) is 0 Å². The van der Waals surface area contributed by atoms with Crippen LogP contribution < -0.4 is 10.6 Å². The number of primary amides is 1. The first-order valence-electron chi connectivity index (χ1n) is 6.31. The van der Waals surface area contributed by atoms with E-state index in [1.165, 1.54) is 6.20 Å². The Balaban J connectivity index is 2.04. The van der Waals surface area contributed by atoms with E-state index in [-0.39, 0.29) is 5.92 Å². The van der Waals surface area contributed by atoms with Gasteiger partial charge in [0.2, 0.25) is 5.91 Å². The SMILES string of the molecule is N#Cc1cnc(N2CCC([C@H](O)C(N)=O)CC2)c(Cl)c1. The van der Waals surface area contributed by atoms with Crippen LogP contribution >= 0.6 is 11.6 Å². The Bertz CT molecular complexity index is 550. The van der Waals surface area contributed by atoms with Crippen LogP contribution in [0.2, 0.25) is 5.02 Å². The summed E-state index contributed by atoms with van der Waals surface area (Å²) in [5.74, 6) is -0.184. The Kier molecular flexibility index (Phi) is 4.42. The molecule has 3 N–H and O–H groups in total. The van der Waals surface area contributed by atoms with Crippen LogP contribution in [0.4, 0.5) is 5.82 Å². The molecule has 1 aromatic heterocycles. The quantitative estimate of drug-likeness (QED) is 0.853.